The molecule has 0 heterocycles. The number of carbonyl (C=O) groups is 1. The van der Waals surface area contributed by atoms with Gasteiger partial charge in [0.2, 0.25) is 0 Å². The summed E-state index contributed by atoms with van der Waals surface area (Å²) in [6.07, 6.45) is 5.44. The highest BCUT2D eigenvalue weighted by Crippen LogP contribution is 2.21. The highest BCUT2D eigenvalue weighted by Gasteiger charge is 2.14. The molecule has 0 rings (SSSR count). The zero-order valence-electron chi connectivity index (χ0n) is 8.99. The summed E-state index contributed by atoms with van der Waals surface area (Å²) in [6.45, 7) is 4.17. The number of hydrogen-bond donors (Lipinski definition) is 2. The zero-order valence-corrected chi connectivity index (χ0v) is 8.99. The van der Waals surface area contributed by atoms with Crippen molar-refractivity contribution in [2.24, 2.45) is 5.92 Å². The fraction of sp³-hybridized carbons (Fsp3) is 0.727. The lowest BCUT2D eigenvalue weighted by Crippen LogP contribution is -2.07. The van der Waals surface area contributed by atoms with Crippen molar-refractivity contribution < 1.29 is 15.0 Å². The van der Waals surface area contributed by atoms with E-state index in [1.165, 1.54) is 0 Å². The van der Waals surface area contributed by atoms with Gasteiger partial charge in [-0.1, -0.05) is 39.5 Å². The Balaban J connectivity index is 4.08. The van der Waals surface area contributed by atoms with Crippen LogP contribution < -0.4 is 0 Å². The van der Waals surface area contributed by atoms with Crippen LogP contribution in [-0.4, -0.2) is 16.2 Å². The Morgan fingerprint density at radius 1 is 1.43 bits per heavy atom. The number of unbranched alkanes of at least 4 members (excludes halogenated alkanes) is 1. The zero-order chi connectivity index (χ0) is 11.0. The average Bonchev–Trinajstić information content (AvgIpc) is 2.18. The molecule has 0 aliphatic carbocycles. The van der Waals surface area contributed by atoms with Crippen molar-refractivity contribution in [2.75, 3.05) is 0 Å². The predicted molar refractivity (Wildman–Crippen MR) is 56.3 cm³/mol. The minimum absolute atomic E-state index is 0.118. The van der Waals surface area contributed by atoms with Crippen LogP contribution in [0, 0.1) is 5.92 Å². The highest BCUT2D eigenvalue weighted by molar-refractivity contribution is 5.86. The van der Waals surface area contributed by atoms with Gasteiger partial charge in [0.15, 0.2) is 0 Å². The Labute approximate surface area is 85.4 Å². The molecule has 14 heavy (non-hydrogen) atoms. The molecule has 0 aromatic carbocycles. The Kier molecular flexibility index (Phi) is 6.89. The van der Waals surface area contributed by atoms with E-state index in [0.29, 0.717) is 12.3 Å². The van der Waals surface area contributed by atoms with Gasteiger partial charge in [-0.3, -0.25) is 0 Å². The van der Waals surface area contributed by atoms with E-state index >= 15 is 0 Å². The third kappa shape index (κ3) is 4.90. The second-order valence-electron chi connectivity index (χ2n) is 3.58. The Bertz CT molecular complexity index is 197. The SMILES string of the molecule is CCCCC(CC)CC(=CO)C(=O)O. The molecule has 0 aliphatic heterocycles. The van der Waals surface area contributed by atoms with E-state index in [1.54, 1.807) is 0 Å². The minimum atomic E-state index is -1.01. The first-order valence-electron chi connectivity index (χ1n) is 5.22. The molecule has 0 aromatic rings. The number of hydrogen-bond acceptors (Lipinski definition) is 2. The lowest BCUT2D eigenvalue weighted by molar-refractivity contribution is -0.133. The fourth-order valence-corrected chi connectivity index (χ4v) is 1.45. The maximum absolute atomic E-state index is 10.6. The Hall–Kier alpha value is -0.990. The smallest absolute Gasteiger partial charge is 0.334 e. The molecule has 82 valence electrons. The van der Waals surface area contributed by atoms with Crippen molar-refractivity contribution in [2.45, 2.75) is 46.0 Å². The number of carboxylic acids is 1. The van der Waals surface area contributed by atoms with Crippen molar-refractivity contribution >= 4 is 5.97 Å². The molecule has 0 amide bonds. The van der Waals surface area contributed by atoms with Gasteiger partial charge in [-0.25, -0.2) is 4.79 Å². The molecule has 0 saturated heterocycles. The molecule has 2 N–H and O–H groups in total. The number of aliphatic hydroxyl groups excluding tert-OH is 1. The maximum Gasteiger partial charge on any atom is 0.334 e. The van der Waals surface area contributed by atoms with Crippen LogP contribution >= 0.6 is 0 Å². The van der Waals surface area contributed by atoms with Gasteiger partial charge in [0.25, 0.3) is 0 Å². The molecule has 1 atom stereocenters. The van der Waals surface area contributed by atoms with E-state index in [1.807, 2.05) is 0 Å². The molecule has 0 radical (unpaired) electrons. The number of rotatable bonds is 7. The number of aliphatic carboxylic acids is 1. The standard InChI is InChI=1S/C11H20O3/c1-3-5-6-9(4-2)7-10(8-12)11(13)14/h8-9,12H,3-7H2,1-2H3,(H,13,14). The highest BCUT2D eigenvalue weighted by atomic mass is 16.4. The summed E-state index contributed by atoms with van der Waals surface area (Å²) in [5.41, 5.74) is 0.118. The second kappa shape index (κ2) is 7.42. The van der Waals surface area contributed by atoms with Crippen molar-refractivity contribution in [3.05, 3.63) is 11.8 Å². The quantitative estimate of drug-likeness (QED) is 0.490. The molecule has 3 nitrogen and oxygen atoms in total. The van der Waals surface area contributed by atoms with Gasteiger partial charge in [0.1, 0.15) is 0 Å². The van der Waals surface area contributed by atoms with E-state index in [4.69, 9.17) is 10.2 Å². The first kappa shape index (κ1) is 13.0. The van der Waals surface area contributed by atoms with E-state index in [-0.39, 0.29) is 5.57 Å². The summed E-state index contributed by atoms with van der Waals surface area (Å²) < 4.78 is 0. The van der Waals surface area contributed by atoms with E-state index < -0.39 is 5.97 Å². The summed E-state index contributed by atoms with van der Waals surface area (Å²) in [6, 6.07) is 0. The van der Waals surface area contributed by atoms with Crippen LogP contribution in [0.25, 0.3) is 0 Å². The van der Waals surface area contributed by atoms with Gasteiger partial charge >= 0.3 is 5.97 Å². The molecular formula is C11H20O3. The largest absolute Gasteiger partial charge is 0.515 e. The predicted octanol–water partition coefficient (Wildman–Crippen LogP) is 3.12. The normalized spacial score (nSPS) is 14.0. The van der Waals surface area contributed by atoms with E-state index in [9.17, 15) is 4.79 Å². The van der Waals surface area contributed by atoms with Crippen LogP contribution in [0.3, 0.4) is 0 Å². The molecule has 1 unspecified atom stereocenters. The van der Waals surface area contributed by atoms with E-state index in [2.05, 4.69) is 13.8 Å². The lowest BCUT2D eigenvalue weighted by atomic mass is 9.92. The van der Waals surface area contributed by atoms with Gasteiger partial charge < -0.3 is 10.2 Å². The lowest BCUT2D eigenvalue weighted by Gasteiger charge is -2.13. The number of aliphatic hydroxyl groups is 1. The molecular weight excluding hydrogens is 180 g/mol. The molecule has 0 fully saturated rings. The fourth-order valence-electron chi connectivity index (χ4n) is 1.45. The van der Waals surface area contributed by atoms with Crippen LogP contribution in [0.2, 0.25) is 0 Å². The van der Waals surface area contributed by atoms with Crippen LogP contribution in [0.5, 0.6) is 0 Å². The van der Waals surface area contributed by atoms with Crippen LogP contribution in [0.4, 0.5) is 0 Å². The van der Waals surface area contributed by atoms with Crippen molar-refractivity contribution in [3.63, 3.8) is 0 Å². The monoisotopic (exact) mass is 200 g/mol. The topological polar surface area (TPSA) is 57.5 Å². The van der Waals surface area contributed by atoms with Gasteiger partial charge in [-0.2, -0.15) is 0 Å². The molecule has 3 heteroatoms. The third-order valence-corrected chi connectivity index (χ3v) is 2.48. The summed E-state index contributed by atoms with van der Waals surface area (Å²) in [7, 11) is 0. The van der Waals surface area contributed by atoms with Crippen molar-refractivity contribution in [3.8, 4) is 0 Å². The Morgan fingerprint density at radius 2 is 2.07 bits per heavy atom. The summed E-state index contributed by atoms with van der Waals surface area (Å²) in [5.74, 6) is -0.633. The van der Waals surface area contributed by atoms with Crippen molar-refractivity contribution in [1.29, 1.82) is 0 Å². The van der Waals surface area contributed by atoms with Crippen molar-refractivity contribution in [1.82, 2.24) is 0 Å². The summed E-state index contributed by atoms with van der Waals surface area (Å²) in [4.78, 5) is 10.6. The minimum Gasteiger partial charge on any atom is -0.515 e. The first-order valence-corrected chi connectivity index (χ1v) is 5.22. The van der Waals surface area contributed by atoms with Crippen LogP contribution in [-0.2, 0) is 4.79 Å². The van der Waals surface area contributed by atoms with Gasteiger partial charge in [0, 0.05) is 0 Å². The molecule has 0 saturated carbocycles. The summed E-state index contributed by atoms with van der Waals surface area (Å²) in [5, 5.41) is 17.4. The van der Waals surface area contributed by atoms with E-state index in [0.717, 1.165) is 31.9 Å². The number of carboxylic acid groups (broad SMARTS) is 1. The van der Waals surface area contributed by atoms with Gasteiger partial charge in [-0.15, -0.1) is 0 Å². The maximum atomic E-state index is 10.6. The van der Waals surface area contributed by atoms with Crippen LogP contribution in [0.1, 0.15) is 46.0 Å². The third-order valence-electron chi connectivity index (χ3n) is 2.48. The van der Waals surface area contributed by atoms with Gasteiger partial charge in [-0.05, 0) is 12.3 Å². The summed E-state index contributed by atoms with van der Waals surface area (Å²) >= 11 is 0. The molecule has 0 aliphatic rings. The van der Waals surface area contributed by atoms with Crippen LogP contribution in [0.15, 0.2) is 11.8 Å². The molecule has 0 bridgehead atoms. The second-order valence-corrected chi connectivity index (χ2v) is 3.58. The molecule has 0 spiro atoms. The molecule has 0 aromatic heterocycles. The average molecular weight is 200 g/mol. The van der Waals surface area contributed by atoms with Gasteiger partial charge in [0.05, 0.1) is 11.8 Å². The first-order chi connectivity index (χ1) is 6.65. The Morgan fingerprint density at radius 3 is 2.43 bits per heavy atom.